The second-order valence-corrected chi connectivity index (χ2v) is 7.29. The van der Waals surface area contributed by atoms with Gasteiger partial charge in [0.25, 0.3) is 0 Å². The van der Waals surface area contributed by atoms with Gasteiger partial charge in [-0.2, -0.15) is 0 Å². The molecule has 142 valence electrons. The summed E-state index contributed by atoms with van der Waals surface area (Å²) in [5.41, 5.74) is 2.16. The topological polar surface area (TPSA) is 21.7 Å². The van der Waals surface area contributed by atoms with Gasteiger partial charge in [0.1, 0.15) is 11.5 Å². The molecule has 0 aliphatic rings. The van der Waals surface area contributed by atoms with Crippen LogP contribution in [0, 0.1) is 0 Å². The molecule has 26 heavy (non-hydrogen) atoms. The van der Waals surface area contributed by atoms with E-state index in [2.05, 4.69) is 60.5 Å². The van der Waals surface area contributed by atoms with Crippen LogP contribution in [0.3, 0.4) is 0 Å². The molecule has 0 unspecified atom stereocenters. The second kappa shape index (κ2) is 10.9. The van der Waals surface area contributed by atoms with Crippen molar-refractivity contribution in [2.24, 2.45) is 0 Å². The minimum absolute atomic E-state index is 0.852. The molecule has 0 saturated carbocycles. The van der Waals surface area contributed by atoms with Crippen molar-refractivity contribution in [1.29, 1.82) is 0 Å². The molecule has 2 aromatic rings. The molecule has 0 aliphatic heterocycles. The van der Waals surface area contributed by atoms with E-state index in [0.717, 1.165) is 30.2 Å². The van der Waals surface area contributed by atoms with E-state index in [1.54, 1.807) is 25.6 Å². The van der Waals surface area contributed by atoms with Crippen LogP contribution in [-0.4, -0.2) is 27.3 Å². The highest BCUT2D eigenvalue weighted by atomic mass is 32.1. The fourth-order valence-corrected chi connectivity index (χ4v) is 3.51. The first kappa shape index (κ1) is 20.4. The third-order valence-corrected chi connectivity index (χ3v) is 5.25. The third kappa shape index (κ3) is 5.53. The Labute approximate surface area is 162 Å². The van der Waals surface area contributed by atoms with Gasteiger partial charge >= 0.3 is 0 Å². The van der Waals surface area contributed by atoms with Crippen molar-refractivity contribution in [3.05, 3.63) is 40.1 Å². The summed E-state index contributed by atoms with van der Waals surface area (Å²) in [6, 6.07) is 8.44. The fraction of sp³-hybridized carbons (Fsp3) is 0.455. The van der Waals surface area contributed by atoms with Gasteiger partial charge in [-0.1, -0.05) is 32.8 Å². The van der Waals surface area contributed by atoms with Gasteiger partial charge in [0.05, 0.1) is 19.8 Å². The number of rotatable bonds is 11. The minimum Gasteiger partial charge on any atom is -0.496 e. The van der Waals surface area contributed by atoms with Crippen molar-refractivity contribution in [3.63, 3.8) is 0 Å². The molecule has 0 N–H and O–H groups in total. The Hall–Kier alpha value is -1.94. The fourth-order valence-electron chi connectivity index (χ4n) is 2.89. The Kier molecular flexibility index (Phi) is 8.56. The Morgan fingerprint density at radius 3 is 2.04 bits per heavy atom. The summed E-state index contributed by atoms with van der Waals surface area (Å²) in [6.07, 6.45) is 8.95. The number of hydrogen-bond donors (Lipinski definition) is 0. The van der Waals surface area contributed by atoms with Gasteiger partial charge in [-0.15, -0.1) is 11.3 Å². The SMILES string of the molecule is CCCCN(CCCC)c1cc(OC)c(/C=C/c2cccs2)c(OC)c1. The van der Waals surface area contributed by atoms with Crippen molar-refractivity contribution in [1.82, 2.24) is 0 Å². The average Bonchev–Trinajstić information content (AvgIpc) is 3.19. The Morgan fingerprint density at radius 2 is 1.58 bits per heavy atom. The van der Waals surface area contributed by atoms with Crippen LogP contribution in [0.4, 0.5) is 5.69 Å². The number of nitrogens with zero attached hydrogens (tertiary/aromatic N) is 1. The van der Waals surface area contributed by atoms with E-state index in [1.165, 1.54) is 36.2 Å². The molecule has 1 aromatic heterocycles. The predicted octanol–water partition coefficient (Wildman–Crippen LogP) is 6.34. The molecule has 0 amide bonds. The molecule has 0 saturated heterocycles. The van der Waals surface area contributed by atoms with E-state index in [1.807, 2.05) is 0 Å². The summed E-state index contributed by atoms with van der Waals surface area (Å²) < 4.78 is 11.4. The molecule has 0 fully saturated rings. The monoisotopic (exact) mass is 373 g/mol. The van der Waals surface area contributed by atoms with Crippen LogP contribution in [0.15, 0.2) is 29.6 Å². The lowest BCUT2D eigenvalue weighted by molar-refractivity contribution is 0.392. The van der Waals surface area contributed by atoms with Gasteiger partial charge in [-0.25, -0.2) is 0 Å². The Morgan fingerprint density at radius 1 is 0.962 bits per heavy atom. The zero-order chi connectivity index (χ0) is 18.8. The van der Waals surface area contributed by atoms with Crippen LogP contribution < -0.4 is 14.4 Å². The molecule has 0 atom stereocenters. The van der Waals surface area contributed by atoms with Crippen LogP contribution in [0.5, 0.6) is 11.5 Å². The van der Waals surface area contributed by atoms with Crippen LogP contribution in [0.25, 0.3) is 12.2 Å². The number of unbranched alkanes of at least 4 members (excludes halogenated alkanes) is 2. The smallest absolute Gasteiger partial charge is 0.131 e. The number of hydrogen-bond acceptors (Lipinski definition) is 4. The highest BCUT2D eigenvalue weighted by Gasteiger charge is 2.14. The molecule has 0 aliphatic carbocycles. The highest BCUT2D eigenvalue weighted by Crippen LogP contribution is 2.36. The van der Waals surface area contributed by atoms with E-state index in [-0.39, 0.29) is 0 Å². The standard InChI is InChI=1S/C22H31NO2S/c1-5-7-13-23(14-8-6-2)18-16-21(24-3)20(22(17-18)25-4)12-11-19-10-9-15-26-19/h9-12,15-17H,5-8,13-14H2,1-4H3/b12-11+. The van der Waals surface area contributed by atoms with Crippen molar-refractivity contribution >= 4 is 29.2 Å². The maximum Gasteiger partial charge on any atom is 0.131 e. The lowest BCUT2D eigenvalue weighted by Crippen LogP contribution is -2.25. The van der Waals surface area contributed by atoms with E-state index in [4.69, 9.17) is 9.47 Å². The van der Waals surface area contributed by atoms with Gasteiger partial charge in [-0.05, 0) is 36.4 Å². The van der Waals surface area contributed by atoms with Crippen molar-refractivity contribution in [2.45, 2.75) is 39.5 Å². The van der Waals surface area contributed by atoms with Gasteiger partial charge < -0.3 is 14.4 Å². The zero-order valence-electron chi connectivity index (χ0n) is 16.5. The van der Waals surface area contributed by atoms with Gasteiger partial charge in [-0.3, -0.25) is 0 Å². The molecule has 1 aromatic carbocycles. The molecule has 0 radical (unpaired) electrons. The third-order valence-electron chi connectivity index (χ3n) is 4.41. The molecule has 1 heterocycles. The molecule has 0 bridgehead atoms. The Bertz CT molecular complexity index is 646. The Balaban J connectivity index is 2.36. The van der Waals surface area contributed by atoms with E-state index >= 15 is 0 Å². The van der Waals surface area contributed by atoms with Crippen molar-refractivity contribution < 1.29 is 9.47 Å². The van der Waals surface area contributed by atoms with Crippen LogP contribution in [-0.2, 0) is 0 Å². The summed E-state index contributed by atoms with van der Waals surface area (Å²) >= 11 is 1.72. The van der Waals surface area contributed by atoms with Crippen molar-refractivity contribution in [3.8, 4) is 11.5 Å². The van der Waals surface area contributed by atoms with E-state index < -0.39 is 0 Å². The molecule has 0 spiro atoms. The van der Waals surface area contributed by atoms with Gasteiger partial charge in [0.2, 0.25) is 0 Å². The summed E-state index contributed by atoms with van der Waals surface area (Å²) in [6.45, 7) is 6.59. The van der Waals surface area contributed by atoms with Gasteiger partial charge in [0, 0.05) is 35.8 Å². The molecule has 3 nitrogen and oxygen atoms in total. The number of methoxy groups -OCH3 is 2. The molecular weight excluding hydrogens is 342 g/mol. The largest absolute Gasteiger partial charge is 0.496 e. The van der Waals surface area contributed by atoms with Crippen LogP contribution in [0.2, 0.25) is 0 Å². The lowest BCUT2D eigenvalue weighted by Gasteiger charge is -2.26. The maximum atomic E-state index is 5.70. The normalized spacial score (nSPS) is 11.1. The van der Waals surface area contributed by atoms with Crippen molar-refractivity contribution in [2.75, 3.05) is 32.2 Å². The minimum atomic E-state index is 0.852. The number of ether oxygens (including phenoxy) is 2. The summed E-state index contributed by atoms with van der Waals surface area (Å²) in [5.74, 6) is 1.70. The molecular formula is C22H31NO2S. The summed E-state index contributed by atoms with van der Waals surface area (Å²) in [5, 5.41) is 2.08. The average molecular weight is 374 g/mol. The lowest BCUT2D eigenvalue weighted by atomic mass is 10.1. The second-order valence-electron chi connectivity index (χ2n) is 6.31. The van der Waals surface area contributed by atoms with E-state index in [0.29, 0.717) is 0 Å². The van der Waals surface area contributed by atoms with Crippen LogP contribution in [0.1, 0.15) is 50.0 Å². The summed E-state index contributed by atoms with van der Waals surface area (Å²) in [4.78, 5) is 3.66. The first-order chi connectivity index (χ1) is 12.7. The van der Waals surface area contributed by atoms with E-state index in [9.17, 15) is 0 Å². The van der Waals surface area contributed by atoms with Gasteiger partial charge in [0.15, 0.2) is 0 Å². The first-order valence-corrected chi connectivity index (χ1v) is 10.3. The summed E-state index contributed by atoms with van der Waals surface area (Å²) in [7, 11) is 3.45. The maximum absolute atomic E-state index is 5.70. The number of thiophene rings is 1. The molecule has 4 heteroatoms. The molecule has 2 rings (SSSR count). The highest BCUT2D eigenvalue weighted by molar-refractivity contribution is 7.10. The van der Waals surface area contributed by atoms with Crippen LogP contribution >= 0.6 is 11.3 Å². The first-order valence-electron chi connectivity index (χ1n) is 9.46. The number of anilines is 1. The predicted molar refractivity (Wildman–Crippen MR) is 115 cm³/mol. The number of benzene rings is 1. The quantitative estimate of drug-likeness (QED) is 0.458. The zero-order valence-corrected chi connectivity index (χ0v) is 17.3.